The molecule has 1 aromatic carbocycles. The molecule has 1 aliphatic rings. The van der Waals surface area contributed by atoms with Gasteiger partial charge in [0.05, 0.1) is 12.0 Å². The van der Waals surface area contributed by atoms with Crippen LogP contribution in [0.3, 0.4) is 0 Å². The van der Waals surface area contributed by atoms with Crippen molar-refractivity contribution in [3.8, 4) is 0 Å². The summed E-state index contributed by atoms with van der Waals surface area (Å²) >= 11 is 0. The molecular weight excluding hydrogens is 240 g/mol. The molecule has 0 radical (unpaired) electrons. The van der Waals surface area contributed by atoms with E-state index in [-0.39, 0.29) is 6.42 Å². The molecule has 0 saturated carbocycles. The fraction of sp³-hybridized carbons (Fsp3) is 0.533. The number of carbonyl (C=O) groups is 1. The molecule has 0 aromatic heterocycles. The van der Waals surface area contributed by atoms with Crippen LogP contribution >= 0.6 is 0 Å². The van der Waals surface area contributed by atoms with Crippen molar-refractivity contribution in [2.24, 2.45) is 0 Å². The van der Waals surface area contributed by atoms with E-state index in [9.17, 15) is 9.90 Å². The Labute approximate surface area is 114 Å². The average molecular weight is 262 g/mol. The number of carboxylic acid groups (broad SMARTS) is 1. The van der Waals surface area contributed by atoms with Gasteiger partial charge in [-0.1, -0.05) is 30.3 Å². The second-order valence-electron chi connectivity index (χ2n) is 5.50. The minimum atomic E-state index is -0.745. The lowest BCUT2D eigenvalue weighted by Gasteiger charge is -2.45. The Hall–Kier alpha value is -1.39. The molecule has 1 atom stereocenters. The number of rotatable bonds is 4. The first-order valence-electron chi connectivity index (χ1n) is 6.73. The molecule has 0 bridgehead atoms. The quantitative estimate of drug-likeness (QED) is 0.895. The summed E-state index contributed by atoms with van der Waals surface area (Å²) in [5.41, 5.74) is 0.663. The summed E-state index contributed by atoms with van der Waals surface area (Å²) in [6, 6.07) is 9.98. The van der Waals surface area contributed by atoms with Gasteiger partial charge in [0.25, 0.3) is 0 Å². The molecular formula is C15H22N2O2. The van der Waals surface area contributed by atoms with E-state index < -0.39 is 11.5 Å². The molecule has 1 fully saturated rings. The summed E-state index contributed by atoms with van der Waals surface area (Å²) in [7, 11) is 2.11. The molecule has 0 spiro atoms. The van der Waals surface area contributed by atoms with Crippen molar-refractivity contribution in [2.45, 2.75) is 18.9 Å². The summed E-state index contributed by atoms with van der Waals surface area (Å²) in [6.45, 7) is 5.84. The van der Waals surface area contributed by atoms with Gasteiger partial charge in [0.15, 0.2) is 0 Å². The van der Waals surface area contributed by atoms with Crippen LogP contribution in [0.4, 0.5) is 0 Å². The molecule has 0 aliphatic carbocycles. The number of hydrogen-bond acceptors (Lipinski definition) is 3. The van der Waals surface area contributed by atoms with Gasteiger partial charge in [-0.2, -0.15) is 0 Å². The van der Waals surface area contributed by atoms with Crippen molar-refractivity contribution in [3.05, 3.63) is 35.9 Å². The van der Waals surface area contributed by atoms with Crippen LogP contribution in [0, 0.1) is 0 Å². The van der Waals surface area contributed by atoms with Gasteiger partial charge in [0, 0.05) is 26.2 Å². The molecule has 2 rings (SSSR count). The fourth-order valence-electron chi connectivity index (χ4n) is 2.79. The molecule has 1 aromatic rings. The number of nitrogens with zero attached hydrogens (tertiary/aromatic N) is 2. The Balaban J connectivity index is 2.27. The first-order chi connectivity index (χ1) is 9.02. The highest BCUT2D eigenvalue weighted by Gasteiger charge is 2.37. The molecule has 4 nitrogen and oxygen atoms in total. The number of aliphatic carboxylic acids is 1. The summed E-state index contributed by atoms with van der Waals surface area (Å²) in [5.74, 6) is -0.745. The predicted octanol–water partition coefficient (Wildman–Crippen LogP) is 1.62. The van der Waals surface area contributed by atoms with Gasteiger partial charge in [-0.15, -0.1) is 0 Å². The lowest BCUT2D eigenvalue weighted by Crippen LogP contribution is -2.54. The number of likely N-dealkylation sites (N-methyl/N-ethyl adjacent to an activating group) is 1. The second-order valence-corrected chi connectivity index (χ2v) is 5.50. The third-order valence-corrected chi connectivity index (χ3v) is 4.09. The van der Waals surface area contributed by atoms with E-state index in [0.29, 0.717) is 0 Å². The van der Waals surface area contributed by atoms with Crippen LogP contribution in [0.5, 0.6) is 0 Å². The fourth-order valence-corrected chi connectivity index (χ4v) is 2.79. The number of carboxylic acids is 1. The lowest BCUT2D eigenvalue weighted by molar-refractivity contribution is -0.140. The highest BCUT2D eigenvalue weighted by atomic mass is 16.4. The zero-order valence-corrected chi connectivity index (χ0v) is 11.7. The first-order valence-corrected chi connectivity index (χ1v) is 6.73. The predicted molar refractivity (Wildman–Crippen MR) is 75.1 cm³/mol. The number of hydrogen-bond donors (Lipinski definition) is 1. The molecule has 0 amide bonds. The molecule has 1 saturated heterocycles. The molecule has 1 N–H and O–H groups in total. The van der Waals surface area contributed by atoms with Gasteiger partial charge in [0.2, 0.25) is 0 Å². The first kappa shape index (κ1) is 14.0. The van der Waals surface area contributed by atoms with E-state index in [0.717, 1.165) is 31.7 Å². The smallest absolute Gasteiger partial charge is 0.305 e. The molecule has 104 valence electrons. The minimum absolute atomic E-state index is 0.140. The van der Waals surface area contributed by atoms with Crippen molar-refractivity contribution in [2.75, 3.05) is 33.2 Å². The van der Waals surface area contributed by atoms with Crippen LogP contribution in [-0.2, 0) is 10.3 Å². The third-order valence-electron chi connectivity index (χ3n) is 4.09. The van der Waals surface area contributed by atoms with E-state index in [1.165, 1.54) is 0 Å². The third kappa shape index (κ3) is 3.14. The van der Waals surface area contributed by atoms with Crippen molar-refractivity contribution in [3.63, 3.8) is 0 Å². The van der Waals surface area contributed by atoms with Crippen LogP contribution < -0.4 is 0 Å². The average Bonchev–Trinajstić information content (AvgIpc) is 2.39. The monoisotopic (exact) mass is 262 g/mol. The largest absolute Gasteiger partial charge is 0.481 e. The Bertz CT molecular complexity index is 427. The van der Waals surface area contributed by atoms with Gasteiger partial charge in [-0.25, -0.2) is 0 Å². The van der Waals surface area contributed by atoms with Crippen LogP contribution in [0.2, 0.25) is 0 Å². The van der Waals surface area contributed by atoms with E-state index in [1.807, 2.05) is 37.3 Å². The zero-order valence-electron chi connectivity index (χ0n) is 11.7. The molecule has 19 heavy (non-hydrogen) atoms. The van der Waals surface area contributed by atoms with E-state index >= 15 is 0 Å². The maximum atomic E-state index is 11.3. The Morgan fingerprint density at radius 2 is 1.79 bits per heavy atom. The van der Waals surface area contributed by atoms with E-state index in [1.54, 1.807) is 0 Å². The van der Waals surface area contributed by atoms with Gasteiger partial charge in [0.1, 0.15) is 0 Å². The molecule has 1 heterocycles. The van der Waals surface area contributed by atoms with E-state index in [2.05, 4.69) is 16.8 Å². The maximum Gasteiger partial charge on any atom is 0.305 e. The maximum absolute atomic E-state index is 11.3. The summed E-state index contributed by atoms with van der Waals surface area (Å²) in [4.78, 5) is 15.8. The summed E-state index contributed by atoms with van der Waals surface area (Å²) in [6.07, 6.45) is 0.140. The number of benzene rings is 1. The second kappa shape index (κ2) is 5.72. The summed E-state index contributed by atoms with van der Waals surface area (Å²) in [5, 5.41) is 9.26. The number of piperazine rings is 1. The van der Waals surface area contributed by atoms with Gasteiger partial charge >= 0.3 is 5.97 Å². The molecule has 4 heteroatoms. The summed E-state index contributed by atoms with van der Waals surface area (Å²) < 4.78 is 0. The Kier molecular flexibility index (Phi) is 4.22. The topological polar surface area (TPSA) is 43.8 Å². The van der Waals surface area contributed by atoms with Crippen LogP contribution in [0.25, 0.3) is 0 Å². The molecule has 1 aliphatic heterocycles. The Morgan fingerprint density at radius 3 is 2.32 bits per heavy atom. The van der Waals surface area contributed by atoms with Gasteiger partial charge in [-0.05, 0) is 19.5 Å². The highest BCUT2D eigenvalue weighted by molar-refractivity contribution is 5.68. The van der Waals surface area contributed by atoms with E-state index in [4.69, 9.17) is 0 Å². The minimum Gasteiger partial charge on any atom is -0.481 e. The molecule has 1 unspecified atom stereocenters. The zero-order chi connectivity index (χ0) is 13.9. The van der Waals surface area contributed by atoms with Crippen LogP contribution in [-0.4, -0.2) is 54.1 Å². The van der Waals surface area contributed by atoms with Crippen LogP contribution in [0.1, 0.15) is 18.9 Å². The van der Waals surface area contributed by atoms with Crippen molar-refractivity contribution < 1.29 is 9.90 Å². The van der Waals surface area contributed by atoms with Crippen molar-refractivity contribution in [1.82, 2.24) is 9.80 Å². The van der Waals surface area contributed by atoms with Crippen molar-refractivity contribution >= 4 is 5.97 Å². The highest BCUT2D eigenvalue weighted by Crippen LogP contribution is 2.32. The van der Waals surface area contributed by atoms with Gasteiger partial charge in [-0.3, -0.25) is 9.69 Å². The SMILES string of the molecule is CN1CCN(C(C)(CC(=O)O)c2ccccc2)CC1. The Morgan fingerprint density at radius 1 is 1.21 bits per heavy atom. The van der Waals surface area contributed by atoms with Crippen LogP contribution in [0.15, 0.2) is 30.3 Å². The standard InChI is InChI=1S/C15H22N2O2/c1-15(12-14(18)19,13-6-4-3-5-7-13)17-10-8-16(2)9-11-17/h3-7H,8-12H2,1-2H3,(H,18,19). The van der Waals surface area contributed by atoms with Gasteiger partial charge < -0.3 is 10.0 Å². The van der Waals surface area contributed by atoms with Crippen molar-refractivity contribution in [1.29, 1.82) is 0 Å². The normalized spacial score (nSPS) is 20.9. The lowest BCUT2D eigenvalue weighted by atomic mass is 9.86.